The van der Waals surface area contributed by atoms with Gasteiger partial charge in [-0.2, -0.15) is 0 Å². The first-order valence-electron chi connectivity index (χ1n) is 7.44. The minimum Gasteiger partial charge on any atom is -0.324 e. The summed E-state index contributed by atoms with van der Waals surface area (Å²) in [5, 5.41) is 3.83. The lowest BCUT2D eigenvalue weighted by Gasteiger charge is -2.22. The molecule has 1 amide bonds. The second-order valence-electron chi connectivity index (χ2n) is 5.69. The van der Waals surface area contributed by atoms with Gasteiger partial charge in [0.05, 0.1) is 11.2 Å². The van der Waals surface area contributed by atoms with Crippen molar-refractivity contribution >= 4 is 34.1 Å². The van der Waals surface area contributed by atoms with Crippen LogP contribution in [-0.2, 0) is 11.2 Å². The zero-order valence-electron chi connectivity index (χ0n) is 12.8. The van der Waals surface area contributed by atoms with Crippen LogP contribution >= 0.6 is 11.6 Å². The van der Waals surface area contributed by atoms with Crippen molar-refractivity contribution in [2.24, 2.45) is 0 Å². The fourth-order valence-corrected chi connectivity index (χ4v) is 2.73. The first kappa shape index (κ1) is 15.5. The molecule has 1 N–H and O–H groups in total. The number of fused-ring (bicyclic) bond motifs is 1. The molecule has 3 rings (SSSR count). The highest BCUT2D eigenvalue weighted by atomic mass is 35.5. The number of alkyl halides is 1. The number of rotatable bonds is 4. The van der Waals surface area contributed by atoms with Gasteiger partial charge in [0.1, 0.15) is 4.87 Å². The van der Waals surface area contributed by atoms with Crippen molar-refractivity contribution in [2.75, 3.05) is 5.32 Å². The average Bonchev–Trinajstić information content (AvgIpc) is 2.55. The van der Waals surface area contributed by atoms with Crippen molar-refractivity contribution in [3.8, 4) is 0 Å². The van der Waals surface area contributed by atoms with Crippen LogP contribution in [0.5, 0.6) is 0 Å². The van der Waals surface area contributed by atoms with Gasteiger partial charge < -0.3 is 5.32 Å². The summed E-state index contributed by atoms with van der Waals surface area (Å²) in [4.78, 5) is 15.9. The van der Waals surface area contributed by atoms with Crippen molar-refractivity contribution in [3.05, 3.63) is 72.4 Å². The lowest BCUT2D eigenvalue weighted by molar-refractivity contribution is -0.118. The van der Waals surface area contributed by atoms with Gasteiger partial charge in [-0.25, -0.2) is 0 Å². The third-order valence-electron chi connectivity index (χ3n) is 3.75. The molecular formula is C19H17ClN2O. The van der Waals surface area contributed by atoms with Crippen LogP contribution < -0.4 is 5.32 Å². The molecule has 3 aromatic rings. The van der Waals surface area contributed by atoms with Crippen LogP contribution in [0.1, 0.15) is 12.5 Å². The first-order chi connectivity index (χ1) is 11.1. The first-order valence-corrected chi connectivity index (χ1v) is 7.82. The van der Waals surface area contributed by atoms with Crippen LogP contribution in [0.4, 0.5) is 5.69 Å². The summed E-state index contributed by atoms with van der Waals surface area (Å²) >= 11 is 6.49. The van der Waals surface area contributed by atoms with Crippen LogP contribution in [0.15, 0.2) is 66.9 Å². The van der Waals surface area contributed by atoms with E-state index in [1.54, 1.807) is 13.1 Å². The summed E-state index contributed by atoms with van der Waals surface area (Å²) < 4.78 is 0. The number of halogens is 1. The van der Waals surface area contributed by atoms with E-state index in [2.05, 4.69) is 10.3 Å². The maximum atomic E-state index is 12.6. The average molecular weight is 325 g/mol. The van der Waals surface area contributed by atoms with E-state index in [0.717, 1.165) is 22.2 Å². The second-order valence-corrected chi connectivity index (χ2v) is 6.52. The summed E-state index contributed by atoms with van der Waals surface area (Å²) in [6, 6.07) is 19.2. The predicted molar refractivity (Wildman–Crippen MR) is 94.8 cm³/mol. The van der Waals surface area contributed by atoms with Gasteiger partial charge in [0.25, 0.3) is 0 Å². The summed E-state index contributed by atoms with van der Waals surface area (Å²) in [6.45, 7) is 1.74. The Balaban J connectivity index is 1.82. The Hall–Kier alpha value is -2.39. The van der Waals surface area contributed by atoms with Gasteiger partial charge in [-0.3, -0.25) is 9.78 Å². The van der Waals surface area contributed by atoms with E-state index >= 15 is 0 Å². The van der Waals surface area contributed by atoms with Crippen LogP contribution in [0.3, 0.4) is 0 Å². The van der Waals surface area contributed by atoms with E-state index in [1.807, 2.05) is 60.7 Å². The van der Waals surface area contributed by atoms with E-state index in [0.29, 0.717) is 6.42 Å². The second kappa shape index (κ2) is 6.39. The molecule has 1 heterocycles. The predicted octanol–water partition coefficient (Wildman–Crippen LogP) is 4.41. The van der Waals surface area contributed by atoms with Crippen molar-refractivity contribution < 1.29 is 4.79 Å². The minimum atomic E-state index is -1.02. The van der Waals surface area contributed by atoms with E-state index < -0.39 is 4.87 Å². The maximum Gasteiger partial charge on any atom is 0.245 e. The lowest BCUT2D eigenvalue weighted by atomic mass is 9.99. The van der Waals surface area contributed by atoms with Crippen molar-refractivity contribution in [1.82, 2.24) is 4.98 Å². The molecule has 1 aromatic heterocycles. The van der Waals surface area contributed by atoms with Crippen molar-refractivity contribution in [2.45, 2.75) is 18.2 Å². The number of hydrogen-bond donors (Lipinski definition) is 1. The molecule has 4 heteroatoms. The fourth-order valence-electron chi connectivity index (χ4n) is 2.52. The monoisotopic (exact) mass is 324 g/mol. The van der Waals surface area contributed by atoms with Gasteiger partial charge in [0, 0.05) is 18.0 Å². The van der Waals surface area contributed by atoms with E-state index in [4.69, 9.17) is 11.6 Å². The molecule has 2 aromatic carbocycles. The summed E-state index contributed by atoms with van der Waals surface area (Å²) in [6.07, 6.45) is 2.19. The molecule has 0 aliphatic rings. The van der Waals surface area contributed by atoms with Crippen LogP contribution in [0, 0.1) is 0 Å². The van der Waals surface area contributed by atoms with Gasteiger partial charge in [-0.1, -0.05) is 36.4 Å². The molecule has 0 spiro atoms. The number of pyridine rings is 1. The molecule has 1 atom stereocenters. The molecule has 0 fully saturated rings. The zero-order valence-corrected chi connectivity index (χ0v) is 13.5. The molecule has 0 aliphatic carbocycles. The minimum absolute atomic E-state index is 0.223. The molecular weight excluding hydrogens is 308 g/mol. The Morgan fingerprint density at radius 3 is 2.65 bits per heavy atom. The Kier molecular flexibility index (Phi) is 4.30. The molecule has 23 heavy (non-hydrogen) atoms. The van der Waals surface area contributed by atoms with Crippen LogP contribution in [0.2, 0.25) is 0 Å². The van der Waals surface area contributed by atoms with Gasteiger partial charge in [-0.15, -0.1) is 11.6 Å². The van der Waals surface area contributed by atoms with E-state index in [-0.39, 0.29) is 5.91 Å². The molecule has 0 saturated carbocycles. The quantitative estimate of drug-likeness (QED) is 0.722. The molecule has 0 radical (unpaired) electrons. The third-order valence-corrected chi connectivity index (χ3v) is 4.05. The zero-order chi connectivity index (χ0) is 16.3. The van der Waals surface area contributed by atoms with E-state index in [9.17, 15) is 4.79 Å². The number of carbonyl (C=O) groups excluding carboxylic acids is 1. The SMILES string of the molecule is CC(Cl)(Cc1ccccc1)C(=O)Nc1cccc2ncccc12. The molecule has 0 aliphatic heterocycles. The van der Waals surface area contributed by atoms with Gasteiger partial charge >= 0.3 is 0 Å². The summed E-state index contributed by atoms with van der Waals surface area (Å²) in [7, 11) is 0. The Morgan fingerprint density at radius 1 is 1.09 bits per heavy atom. The Labute approximate surface area is 140 Å². The summed E-state index contributed by atoms with van der Waals surface area (Å²) in [5.41, 5.74) is 2.59. The van der Waals surface area contributed by atoms with Gasteiger partial charge in [-0.05, 0) is 36.8 Å². The maximum absolute atomic E-state index is 12.6. The molecule has 0 bridgehead atoms. The highest BCUT2D eigenvalue weighted by molar-refractivity contribution is 6.36. The Bertz CT molecular complexity index is 826. The highest BCUT2D eigenvalue weighted by Crippen LogP contribution is 2.26. The number of aromatic nitrogens is 1. The van der Waals surface area contributed by atoms with E-state index in [1.165, 1.54) is 0 Å². The van der Waals surface area contributed by atoms with Gasteiger partial charge in [0.2, 0.25) is 5.91 Å². The number of amides is 1. The number of carbonyl (C=O) groups is 1. The number of hydrogen-bond acceptors (Lipinski definition) is 2. The molecule has 3 nitrogen and oxygen atoms in total. The van der Waals surface area contributed by atoms with Crippen LogP contribution in [0.25, 0.3) is 10.9 Å². The number of nitrogens with one attached hydrogen (secondary N) is 1. The highest BCUT2D eigenvalue weighted by Gasteiger charge is 2.31. The third kappa shape index (κ3) is 3.51. The van der Waals surface area contributed by atoms with Crippen molar-refractivity contribution in [3.63, 3.8) is 0 Å². The van der Waals surface area contributed by atoms with Gasteiger partial charge in [0.15, 0.2) is 0 Å². The number of nitrogens with zero attached hydrogens (tertiary/aromatic N) is 1. The molecule has 0 saturated heterocycles. The normalized spacial score (nSPS) is 13.5. The fraction of sp³-hybridized carbons (Fsp3) is 0.158. The molecule has 116 valence electrons. The van der Waals surface area contributed by atoms with Crippen LogP contribution in [-0.4, -0.2) is 15.8 Å². The molecule has 1 unspecified atom stereocenters. The standard InChI is InChI=1S/C19H17ClN2O/c1-19(20,13-14-7-3-2-4-8-14)18(23)22-17-11-5-10-16-15(17)9-6-12-21-16/h2-12H,13H2,1H3,(H,22,23). The lowest BCUT2D eigenvalue weighted by Crippen LogP contribution is -2.36. The number of anilines is 1. The number of benzene rings is 2. The smallest absolute Gasteiger partial charge is 0.245 e. The van der Waals surface area contributed by atoms with Crippen molar-refractivity contribution in [1.29, 1.82) is 0 Å². The Morgan fingerprint density at radius 2 is 1.87 bits per heavy atom. The summed E-state index contributed by atoms with van der Waals surface area (Å²) in [5.74, 6) is -0.223. The largest absolute Gasteiger partial charge is 0.324 e. The topological polar surface area (TPSA) is 42.0 Å².